The first-order valence-corrected chi connectivity index (χ1v) is 8.83. The highest BCUT2D eigenvalue weighted by Crippen LogP contribution is 2.25. The maximum Gasteiger partial charge on any atom is 0.332 e. The summed E-state index contributed by atoms with van der Waals surface area (Å²) in [6, 6.07) is 6.38. The minimum Gasteiger partial charge on any atom is -0.280 e. The summed E-state index contributed by atoms with van der Waals surface area (Å²) in [5.41, 5.74) is 2.17. The van der Waals surface area contributed by atoms with E-state index in [9.17, 15) is 14.0 Å². The molecule has 0 unspecified atom stereocenters. The summed E-state index contributed by atoms with van der Waals surface area (Å²) in [7, 11) is 1.57. The number of fused-ring (bicyclic) bond motifs is 3. The summed E-state index contributed by atoms with van der Waals surface area (Å²) in [5.74, 6) is -0.0148. The molecule has 7 nitrogen and oxygen atoms in total. The van der Waals surface area contributed by atoms with E-state index in [0.29, 0.717) is 17.0 Å². The molecule has 0 spiro atoms. The quantitative estimate of drug-likeness (QED) is 0.512. The number of nitrogens with zero attached hydrogens (tertiary/aromatic N) is 5. The number of halogens is 1. The molecule has 0 aliphatic rings. The van der Waals surface area contributed by atoms with E-state index in [-0.39, 0.29) is 17.7 Å². The van der Waals surface area contributed by atoms with Crippen LogP contribution in [0.1, 0.15) is 18.3 Å². The van der Waals surface area contributed by atoms with E-state index in [0.717, 1.165) is 16.0 Å². The zero-order valence-electron chi connectivity index (χ0n) is 16.2. The molecule has 0 radical (unpaired) electrons. The predicted molar refractivity (Wildman–Crippen MR) is 106 cm³/mol. The molecular weight excluding hydrogens is 361 g/mol. The normalized spacial score (nSPS) is 11.6. The standard InChI is InChI=1S/C20H20FN5O2/c1-11(2)10-24-18(27)16-17(23(5)20(24)28)22-19-25(12(3)13(4)26(16)19)15-9-7-6-8-14(15)21/h6-9H,1,10H2,2-5H3. The van der Waals surface area contributed by atoms with Crippen molar-refractivity contribution in [1.82, 2.24) is 23.1 Å². The number of hydrogen-bond donors (Lipinski definition) is 0. The molecule has 0 fully saturated rings. The fourth-order valence-corrected chi connectivity index (χ4v) is 3.58. The molecule has 8 heteroatoms. The molecule has 0 N–H and O–H groups in total. The van der Waals surface area contributed by atoms with Gasteiger partial charge in [0.1, 0.15) is 5.82 Å². The molecule has 0 bridgehead atoms. The third-order valence-corrected chi connectivity index (χ3v) is 5.04. The van der Waals surface area contributed by atoms with Gasteiger partial charge in [0.2, 0.25) is 5.78 Å². The lowest BCUT2D eigenvalue weighted by molar-refractivity contribution is 0.618. The molecule has 0 amide bonds. The van der Waals surface area contributed by atoms with Crippen molar-refractivity contribution in [2.75, 3.05) is 0 Å². The summed E-state index contributed by atoms with van der Waals surface area (Å²) in [6.07, 6.45) is 0. The van der Waals surface area contributed by atoms with Crippen molar-refractivity contribution >= 4 is 16.9 Å². The second-order valence-corrected chi connectivity index (χ2v) is 7.07. The van der Waals surface area contributed by atoms with Crippen molar-refractivity contribution in [3.8, 4) is 5.69 Å². The van der Waals surface area contributed by atoms with Gasteiger partial charge in [-0.3, -0.25) is 22.9 Å². The molecule has 0 saturated carbocycles. The Labute approximate surface area is 159 Å². The Kier molecular flexibility index (Phi) is 3.88. The average Bonchev–Trinajstić information content (AvgIpc) is 3.14. The predicted octanol–water partition coefficient (Wildman–Crippen LogP) is 2.47. The zero-order valence-corrected chi connectivity index (χ0v) is 16.2. The average molecular weight is 381 g/mol. The molecule has 0 atom stereocenters. The van der Waals surface area contributed by atoms with E-state index in [4.69, 9.17) is 0 Å². The van der Waals surface area contributed by atoms with E-state index < -0.39 is 17.1 Å². The molecule has 144 valence electrons. The van der Waals surface area contributed by atoms with Crippen molar-refractivity contribution < 1.29 is 4.39 Å². The van der Waals surface area contributed by atoms with Gasteiger partial charge in [0.05, 0.1) is 12.2 Å². The topological polar surface area (TPSA) is 66.2 Å². The van der Waals surface area contributed by atoms with Gasteiger partial charge in [-0.1, -0.05) is 24.3 Å². The minimum atomic E-state index is -0.465. The summed E-state index contributed by atoms with van der Waals surface area (Å²) in [5, 5.41) is 0. The van der Waals surface area contributed by atoms with Gasteiger partial charge in [0.25, 0.3) is 5.56 Å². The Hall–Kier alpha value is -3.42. The van der Waals surface area contributed by atoms with Gasteiger partial charge < -0.3 is 0 Å². The first kappa shape index (κ1) is 18.0. The van der Waals surface area contributed by atoms with Gasteiger partial charge >= 0.3 is 5.69 Å². The fraction of sp³-hybridized carbons (Fsp3) is 0.250. The monoisotopic (exact) mass is 381 g/mol. The minimum absolute atomic E-state index is 0.126. The van der Waals surface area contributed by atoms with E-state index in [1.54, 1.807) is 41.1 Å². The van der Waals surface area contributed by atoms with Crippen molar-refractivity contribution in [3.63, 3.8) is 0 Å². The molecule has 3 heterocycles. The van der Waals surface area contributed by atoms with Crippen molar-refractivity contribution in [1.29, 1.82) is 0 Å². The number of benzene rings is 1. The molecule has 4 rings (SSSR count). The van der Waals surface area contributed by atoms with Gasteiger partial charge in [0.15, 0.2) is 11.2 Å². The zero-order chi connectivity index (χ0) is 20.3. The van der Waals surface area contributed by atoms with E-state index >= 15 is 0 Å². The number of para-hydroxylation sites is 1. The van der Waals surface area contributed by atoms with E-state index in [1.165, 1.54) is 10.6 Å². The van der Waals surface area contributed by atoms with Gasteiger partial charge in [-0.2, -0.15) is 4.98 Å². The second-order valence-electron chi connectivity index (χ2n) is 7.07. The third-order valence-electron chi connectivity index (χ3n) is 5.04. The lowest BCUT2D eigenvalue weighted by Gasteiger charge is -2.08. The lowest BCUT2D eigenvalue weighted by atomic mass is 10.3. The van der Waals surface area contributed by atoms with Gasteiger partial charge in [-0.05, 0) is 32.9 Å². The summed E-state index contributed by atoms with van der Waals surface area (Å²) in [4.78, 5) is 30.4. The Morgan fingerprint density at radius 2 is 1.86 bits per heavy atom. The molecule has 28 heavy (non-hydrogen) atoms. The molecular formula is C20H20FN5O2. The van der Waals surface area contributed by atoms with E-state index in [2.05, 4.69) is 11.6 Å². The van der Waals surface area contributed by atoms with Crippen LogP contribution in [0.25, 0.3) is 22.6 Å². The van der Waals surface area contributed by atoms with Crippen LogP contribution in [0.2, 0.25) is 0 Å². The Morgan fingerprint density at radius 3 is 2.50 bits per heavy atom. The Morgan fingerprint density at radius 1 is 1.18 bits per heavy atom. The first-order valence-electron chi connectivity index (χ1n) is 8.83. The van der Waals surface area contributed by atoms with Gasteiger partial charge in [0, 0.05) is 18.4 Å². The second kappa shape index (κ2) is 6.05. The maximum atomic E-state index is 14.5. The summed E-state index contributed by atoms with van der Waals surface area (Å²) >= 11 is 0. The van der Waals surface area contributed by atoms with Crippen LogP contribution >= 0.6 is 0 Å². The largest absolute Gasteiger partial charge is 0.332 e. The van der Waals surface area contributed by atoms with Crippen LogP contribution in [-0.4, -0.2) is 23.1 Å². The van der Waals surface area contributed by atoms with Gasteiger partial charge in [-0.25, -0.2) is 9.18 Å². The highest BCUT2D eigenvalue weighted by atomic mass is 19.1. The van der Waals surface area contributed by atoms with Gasteiger partial charge in [-0.15, -0.1) is 0 Å². The molecule has 0 saturated heterocycles. The van der Waals surface area contributed by atoms with Crippen molar-refractivity contribution in [3.05, 3.63) is 74.5 Å². The lowest BCUT2D eigenvalue weighted by Crippen LogP contribution is -2.39. The van der Waals surface area contributed by atoms with Crippen LogP contribution in [-0.2, 0) is 13.6 Å². The van der Waals surface area contributed by atoms with Crippen LogP contribution in [0.15, 0.2) is 46.0 Å². The molecule has 3 aromatic heterocycles. The van der Waals surface area contributed by atoms with Crippen LogP contribution < -0.4 is 11.2 Å². The first-order chi connectivity index (χ1) is 13.2. The number of aryl methyl sites for hydroxylation is 2. The maximum absolute atomic E-state index is 14.5. The van der Waals surface area contributed by atoms with Crippen LogP contribution in [0.4, 0.5) is 4.39 Å². The molecule has 0 aliphatic carbocycles. The highest BCUT2D eigenvalue weighted by molar-refractivity contribution is 5.77. The fourth-order valence-electron chi connectivity index (χ4n) is 3.58. The Bertz CT molecular complexity index is 1400. The SMILES string of the molecule is C=C(C)Cn1c(=O)c2c(nc3n(-c4ccccc4F)c(C)c(C)n23)n(C)c1=O. The van der Waals surface area contributed by atoms with Crippen LogP contribution in [0.3, 0.4) is 0 Å². The highest BCUT2D eigenvalue weighted by Gasteiger charge is 2.24. The van der Waals surface area contributed by atoms with Crippen molar-refractivity contribution in [2.45, 2.75) is 27.3 Å². The number of aromatic nitrogens is 5. The molecule has 0 aliphatic heterocycles. The van der Waals surface area contributed by atoms with Crippen LogP contribution in [0, 0.1) is 19.7 Å². The number of hydrogen-bond acceptors (Lipinski definition) is 3. The number of rotatable bonds is 3. The summed E-state index contributed by atoms with van der Waals surface area (Å²) in [6.45, 7) is 9.37. The smallest absolute Gasteiger partial charge is 0.280 e. The third kappa shape index (κ3) is 2.30. The van der Waals surface area contributed by atoms with Crippen molar-refractivity contribution in [2.24, 2.45) is 7.05 Å². The molecule has 1 aromatic carbocycles. The van der Waals surface area contributed by atoms with E-state index in [1.807, 2.05) is 13.8 Å². The number of allylic oxidation sites excluding steroid dienone is 1. The molecule has 4 aromatic rings. The number of imidazole rings is 2. The summed E-state index contributed by atoms with van der Waals surface area (Å²) < 4.78 is 20.3. The Balaban J connectivity index is 2.22. The van der Waals surface area contributed by atoms with Crippen LogP contribution in [0.5, 0.6) is 0 Å².